The average molecular weight is 363 g/mol. The third kappa shape index (κ3) is 7.33. The van der Waals surface area contributed by atoms with E-state index in [0.717, 1.165) is 30.0 Å². The van der Waals surface area contributed by atoms with Crippen LogP contribution in [0.3, 0.4) is 0 Å². The van der Waals surface area contributed by atoms with Gasteiger partial charge in [0.2, 0.25) is 0 Å². The van der Waals surface area contributed by atoms with Gasteiger partial charge in [-0.2, -0.15) is 0 Å². The summed E-state index contributed by atoms with van der Waals surface area (Å²) in [6, 6.07) is 5.80. The molecule has 26 heavy (non-hydrogen) atoms. The van der Waals surface area contributed by atoms with Crippen LogP contribution >= 0.6 is 0 Å². The van der Waals surface area contributed by atoms with Crippen molar-refractivity contribution < 1.29 is 18.9 Å². The Morgan fingerprint density at radius 2 is 2.08 bits per heavy atom. The number of nitrogens with zero attached hydrogens (tertiary/aromatic N) is 1. The number of fused-ring (bicyclic) bond motifs is 1. The monoisotopic (exact) mass is 363 g/mol. The van der Waals surface area contributed by atoms with Gasteiger partial charge in [-0.3, -0.25) is 4.99 Å². The number of nitrogens with one attached hydrogen (secondary N) is 2. The van der Waals surface area contributed by atoms with Gasteiger partial charge in [0, 0.05) is 45.0 Å². The number of hydrogen-bond acceptors (Lipinski definition) is 5. The molecular formula is C19H29N3O4. The Labute approximate surface area is 155 Å². The molecule has 0 saturated heterocycles. The van der Waals surface area contributed by atoms with Crippen LogP contribution in [0.4, 0.5) is 5.69 Å². The third-order valence-electron chi connectivity index (χ3n) is 3.57. The maximum Gasteiger partial charge on any atom is 0.196 e. The second-order valence-corrected chi connectivity index (χ2v) is 5.70. The topological polar surface area (TPSA) is 73.3 Å². The van der Waals surface area contributed by atoms with E-state index in [1.807, 2.05) is 18.2 Å². The maximum atomic E-state index is 5.73. The number of ether oxygens (including phenoxy) is 4. The van der Waals surface area contributed by atoms with Gasteiger partial charge in [-0.1, -0.05) is 6.08 Å². The lowest BCUT2D eigenvalue weighted by molar-refractivity contribution is 0.0702. The van der Waals surface area contributed by atoms with Crippen LogP contribution in [0.1, 0.15) is 12.8 Å². The summed E-state index contributed by atoms with van der Waals surface area (Å²) >= 11 is 0. The molecule has 0 amide bonds. The Kier molecular flexibility index (Phi) is 9.38. The van der Waals surface area contributed by atoms with Crippen LogP contribution < -0.4 is 20.1 Å². The summed E-state index contributed by atoms with van der Waals surface area (Å²) < 4.78 is 21.8. The minimum Gasteiger partial charge on any atom is -0.490 e. The molecule has 2 rings (SSSR count). The summed E-state index contributed by atoms with van der Waals surface area (Å²) in [4.78, 5) is 4.57. The largest absolute Gasteiger partial charge is 0.490 e. The predicted molar refractivity (Wildman–Crippen MR) is 103 cm³/mol. The molecule has 0 bridgehead atoms. The Bertz CT molecular complexity index is 578. The van der Waals surface area contributed by atoms with Crippen LogP contribution in [0, 0.1) is 0 Å². The van der Waals surface area contributed by atoms with E-state index in [0.29, 0.717) is 52.1 Å². The summed E-state index contributed by atoms with van der Waals surface area (Å²) in [6.07, 6.45) is 3.52. The van der Waals surface area contributed by atoms with E-state index >= 15 is 0 Å². The molecule has 144 valence electrons. The number of aliphatic imine (C=N–C) groups is 1. The van der Waals surface area contributed by atoms with Crippen molar-refractivity contribution in [2.45, 2.75) is 12.8 Å². The molecular weight excluding hydrogens is 334 g/mol. The second kappa shape index (κ2) is 12.2. The lowest BCUT2D eigenvalue weighted by atomic mass is 10.3. The zero-order chi connectivity index (χ0) is 18.5. The fraction of sp³-hybridized carbons (Fsp3) is 0.526. The lowest BCUT2D eigenvalue weighted by Gasteiger charge is -2.14. The van der Waals surface area contributed by atoms with E-state index in [2.05, 4.69) is 22.2 Å². The van der Waals surface area contributed by atoms with Gasteiger partial charge >= 0.3 is 0 Å². The summed E-state index contributed by atoms with van der Waals surface area (Å²) in [7, 11) is 1.66. The van der Waals surface area contributed by atoms with Gasteiger partial charge in [0.05, 0.1) is 26.4 Å². The van der Waals surface area contributed by atoms with Crippen molar-refractivity contribution in [1.82, 2.24) is 5.32 Å². The fourth-order valence-corrected chi connectivity index (χ4v) is 2.29. The summed E-state index contributed by atoms with van der Waals surface area (Å²) in [5.41, 5.74) is 0.890. The highest BCUT2D eigenvalue weighted by Gasteiger charge is 2.11. The quantitative estimate of drug-likeness (QED) is 0.288. The normalized spacial score (nSPS) is 13.8. The van der Waals surface area contributed by atoms with Crippen molar-refractivity contribution in [3.63, 3.8) is 0 Å². The van der Waals surface area contributed by atoms with Gasteiger partial charge < -0.3 is 29.6 Å². The van der Waals surface area contributed by atoms with Gasteiger partial charge in [-0.15, -0.1) is 6.58 Å². The lowest BCUT2D eigenvalue weighted by Crippen LogP contribution is -2.31. The fourth-order valence-electron chi connectivity index (χ4n) is 2.29. The maximum absolute atomic E-state index is 5.73. The molecule has 0 unspecified atom stereocenters. The SMILES string of the molecule is C=CCNC(=NCCCOCCOC)Nc1ccc2c(c1)OCCCO2. The standard InChI is InChI=1S/C19H29N3O4/c1-3-8-20-19(21-9-4-10-24-14-13-23-2)22-16-6-7-17-18(15-16)26-12-5-11-25-17/h3,6-7,15H,1,4-5,8-14H2,2H3,(H2,20,21,22). The highest BCUT2D eigenvalue weighted by atomic mass is 16.5. The number of anilines is 1. The van der Waals surface area contributed by atoms with Crippen molar-refractivity contribution in [3.05, 3.63) is 30.9 Å². The van der Waals surface area contributed by atoms with Crippen LogP contribution in [0.15, 0.2) is 35.8 Å². The summed E-state index contributed by atoms with van der Waals surface area (Å²) in [5, 5.41) is 6.50. The molecule has 0 aromatic heterocycles. The number of rotatable bonds is 10. The van der Waals surface area contributed by atoms with E-state index in [1.54, 1.807) is 13.2 Å². The molecule has 1 aliphatic heterocycles. The molecule has 1 aromatic rings. The van der Waals surface area contributed by atoms with Gasteiger partial charge in [0.15, 0.2) is 17.5 Å². The zero-order valence-corrected chi connectivity index (χ0v) is 15.5. The number of methoxy groups -OCH3 is 1. The first-order valence-electron chi connectivity index (χ1n) is 8.96. The molecule has 0 atom stereocenters. The first kappa shape index (κ1) is 20.1. The first-order valence-corrected chi connectivity index (χ1v) is 8.96. The van der Waals surface area contributed by atoms with E-state index < -0.39 is 0 Å². The molecule has 1 heterocycles. The van der Waals surface area contributed by atoms with Gasteiger partial charge in [-0.05, 0) is 18.6 Å². The average Bonchev–Trinajstić information content (AvgIpc) is 2.90. The van der Waals surface area contributed by atoms with E-state index in [9.17, 15) is 0 Å². The Balaban J connectivity index is 1.88. The van der Waals surface area contributed by atoms with E-state index in [-0.39, 0.29) is 0 Å². The van der Waals surface area contributed by atoms with Crippen LogP contribution in [0.5, 0.6) is 11.5 Å². The van der Waals surface area contributed by atoms with Crippen molar-refractivity contribution >= 4 is 11.6 Å². The first-order chi connectivity index (χ1) is 12.8. The van der Waals surface area contributed by atoms with Crippen molar-refractivity contribution in [3.8, 4) is 11.5 Å². The minimum atomic E-state index is 0.608. The molecule has 1 aliphatic rings. The zero-order valence-electron chi connectivity index (χ0n) is 15.5. The van der Waals surface area contributed by atoms with Crippen LogP contribution in [-0.4, -0.2) is 59.2 Å². The van der Waals surface area contributed by atoms with Gasteiger partial charge in [0.1, 0.15) is 0 Å². The molecule has 0 fully saturated rings. The summed E-state index contributed by atoms with van der Waals surface area (Å²) in [6.45, 7) is 8.24. The van der Waals surface area contributed by atoms with E-state index in [1.165, 1.54) is 0 Å². The number of benzene rings is 1. The number of hydrogen-bond donors (Lipinski definition) is 2. The van der Waals surface area contributed by atoms with E-state index in [4.69, 9.17) is 18.9 Å². The number of guanidine groups is 1. The van der Waals surface area contributed by atoms with Crippen molar-refractivity contribution in [2.24, 2.45) is 4.99 Å². The molecule has 2 N–H and O–H groups in total. The molecule has 0 aliphatic carbocycles. The van der Waals surface area contributed by atoms with Gasteiger partial charge in [0.25, 0.3) is 0 Å². The second-order valence-electron chi connectivity index (χ2n) is 5.70. The Hall–Kier alpha value is -2.25. The minimum absolute atomic E-state index is 0.608. The highest BCUT2D eigenvalue weighted by Crippen LogP contribution is 2.32. The van der Waals surface area contributed by atoms with Crippen molar-refractivity contribution in [1.29, 1.82) is 0 Å². The third-order valence-corrected chi connectivity index (χ3v) is 3.57. The molecule has 0 saturated carbocycles. The molecule has 7 nitrogen and oxygen atoms in total. The van der Waals surface area contributed by atoms with Crippen molar-refractivity contribution in [2.75, 3.05) is 58.6 Å². The molecule has 0 spiro atoms. The molecule has 1 aromatic carbocycles. The smallest absolute Gasteiger partial charge is 0.196 e. The molecule has 7 heteroatoms. The van der Waals surface area contributed by atoms with Crippen LogP contribution in [0.2, 0.25) is 0 Å². The summed E-state index contributed by atoms with van der Waals surface area (Å²) in [5.74, 6) is 2.22. The van der Waals surface area contributed by atoms with Crippen LogP contribution in [0.25, 0.3) is 0 Å². The van der Waals surface area contributed by atoms with Crippen LogP contribution in [-0.2, 0) is 9.47 Å². The van der Waals surface area contributed by atoms with Gasteiger partial charge in [-0.25, -0.2) is 0 Å². The molecule has 0 radical (unpaired) electrons. The highest BCUT2D eigenvalue weighted by molar-refractivity contribution is 5.94. The Morgan fingerprint density at radius 3 is 2.88 bits per heavy atom. The predicted octanol–water partition coefficient (Wildman–Crippen LogP) is 2.44. The Morgan fingerprint density at radius 1 is 1.23 bits per heavy atom.